The van der Waals surface area contributed by atoms with E-state index in [-0.39, 0.29) is 11.3 Å². The average Bonchev–Trinajstić information content (AvgIpc) is 2.86. The lowest BCUT2D eigenvalue weighted by Gasteiger charge is -2.42. The number of amidine groups is 1. The summed E-state index contributed by atoms with van der Waals surface area (Å²) in [5.74, 6) is 0.650. The van der Waals surface area contributed by atoms with Crippen molar-refractivity contribution >= 4 is 29.8 Å². The van der Waals surface area contributed by atoms with Gasteiger partial charge in [0.15, 0.2) is 5.03 Å². The van der Waals surface area contributed by atoms with E-state index in [1.807, 2.05) is 12.3 Å². The first-order valence-corrected chi connectivity index (χ1v) is 8.56. The van der Waals surface area contributed by atoms with Gasteiger partial charge in [-0.1, -0.05) is 19.3 Å². The molecular formula is C15H19N4S2+. The summed E-state index contributed by atoms with van der Waals surface area (Å²) in [6.07, 6.45) is 5.43. The molecule has 2 aliphatic rings. The van der Waals surface area contributed by atoms with Crippen LogP contribution in [0.2, 0.25) is 0 Å². The van der Waals surface area contributed by atoms with Crippen LogP contribution in [0.5, 0.6) is 0 Å². The summed E-state index contributed by atoms with van der Waals surface area (Å²) in [6, 6.07) is 2.39. The maximum atomic E-state index is 9.67. The summed E-state index contributed by atoms with van der Waals surface area (Å²) < 4.78 is 0. The summed E-state index contributed by atoms with van der Waals surface area (Å²) >= 11 is 6.10. The second-order valence-corrected chi connectivity index (χ2v) is 7.23. The molecule has 1 fully saturated rings. The molecule has 1 aliphatic carbocycles. The first-order chi connectivity index (χ1) is 10.1. The zero-order chi connectivity index (χ0) is 15.0. The molecule has 6 heteroatoms. The van der Waals surface area contributed by atoms with Crippen LogP contribution in [0.1, 0.15) is 48.7 Å². The number of thiazole rings is 1. The Morgan fingerprint density at radius 3 is 2.76 bits per heavy atom. The van der Waals surface area contributed by atoms with E-state index in [9.17, 15) is 5.26 Å². The van der Waals surface area contributed by atoms with Crippen molar-refractivity contribution in [3.63, 3.8) is 0 Å². The van der Waals surface area contributed by atoms with Crippen molar-refractivity contribution in [1.29, 1.82) is 5.26 Å². The minimum Gasteiger partial charge on any atom is -0.290 e. The molecule has 21 heavy (non-hydrogen) atoms. The highest BCUT2D eigenvalue weighted by Crippen LogP contribution is 2.53. The highest BCUT2D eigenvalue weighted by atomic mass is 32.1. The summed E-state index contributed by atoms with van der Waals surface area (Å²) in [4.78, 5) is 7.74. The Morgan fingerprint density at radius 1 is 1.48 bits per heavy atom. The first kappa shape index (κ1) is 14.6. The van der Waals surface area contributed by atoms with Crippen LogP contribution in [0, 0.1) is 23.7 Å². The van der Waals surface area contributed by atoms with Crippen molar-refractivity contribution in [3.05, 3.63) is 26.7 Å². The quantitative estimate of drug-likeness (QED) is 0.688. The summed E-state index contributed by atoms with van der Waals surface area (Å²) in [7, 11) is 0. The number of hydrogen-bond donors (Lipinski definition) is 3. The van der Waals surface area contributed by atoms with E-state index in [1.165, 1.54) is 6.42 Å². The molecule has 1 spiro atoms. The number of allylic oxidation sites excluding steroid dienone is 1. The van der Waals surface area contributed by atoms with Crippen LogP contribution in [-0.4, -0.2) is 10.8 Å². The Kier molecular flexibility index (Phi) is 3.80. The Bertz CT molecular complexity index is 659. The van der Waals surface area contributed by atoms with Gasteiger partial charge in [-0.05, 0) is 19.8 Å². The first-order valence-electron chi connectivity index (χ1n) is 7.23. The van der Waals surface area contributed by atoms with Crippen LogP contribution in [-0.2, 0) is 0 Å². The summed E-state index contributed by atoms with van der Waals surface area (Å²) in [6.45, 7) is 1.99. The molecule has 1 aromatic rings. The van der Waals surface area contributed by atoms with E-state index in [0.717, 1.165) is 42.0 Å². The van der Waals surface area contributed by atoms with Gasteiger partial charge >= 0.3 is 0 Å². The van der Waals surface area contributed by atoms with E-state index in [0.29, 0.717) is 10.9 Å². The van der Waals surface area contributed by atoms with Crippen LogP contribution >= 0.6 is 24.0 Å². The van der Waals surface area contributed by atoms with Crippen LogP contribution in [0.4, 0.5) is 0 Å². The third-order valence-corrected chi connectivity index (χ3v) is 5.97. The molecule has 0 radical (unpaired) electrons. The van der Waals surface area contributed by atoms with Gasteiger partial charge < -0.3 is 0 Å². The van der Waals surface area contributed by atoms with E-state index in [2.05, 4.69) is 28.7 Å². The van der Waals surface area contributed by atoms with Gasteiger partial charge in [-0.2, -0.15) is 5.26 Å². The monoisotopic (exact) mass is 319 g/mol. The number of aromatic nitrogens is 1. The van der Waals surface area contributed by atoms with Crippen molar-refractivity contribution in [1.82, 2.24) is 4.98 Å². The molecule has 1 saturated carbocycles. The maximum absolute atomic E-state index is 9.67. The molecule has 4 nitrogen and oxygen atoms in total. The summed E-state index contributed by atoms with van der Waals surface area (Å²) in [5, 5.41) is 13.3. The number of thiol groups is 1. The fraction of sp³-hybridized carbons (Fsp3) is 0.533. The molecule has 0 bridgehead atoms. The topological polar surface area (TPSA) is 76.7 Å². The van der Waals surface area contributed by atoms with E-state index in [4.69, 9.17) is 5.73 Å². The third-order valence-electron chi connectivity index (χ3n) is 4.60. The number of hydrogen-bond acceptors (Lipinski definition) is 5. The predicted molar refractivity (Wildman–Crippen MR) is 86.9 cm³/mol. The van der Waals surface area contributed by atoms with Crippen LogP contribution in [0.3, 0.4) is 0 Å². The Hall–Kier alpha value is -1.32. The van der Waals surface area contributed by atoms with Crippen LogP contribution in [0.15, 0.2) is 16.0 Å². The van der Waals surface area contributed by atoms with Gasteiger partial charge in [0.1, 0.15) is 17.0 Å². The third kappa shape index (κ3) is 2.29. The van der Waals surface area contributed by atoms with Gasteiger partial charge in [-0.3, -0.25) is 5.73 Å². The minimum absolute atomic E-state index is 0.0259. The van der Waals surface area contributed by atoms with Gasteiger partial charge in [-0.15, -0.1) is 24.0 Å². The van der Waals surface area contributed by atoms with Crippen molar-refractivity contribution in [2.45, 2.75) is 44.9 Å². The average molecular weight is 319 g/mol. The molecule has 1 aromatic heterocycles. The maximum Gasteiger partial charge on any atom is 0.257 e. The molecule has 0 amide bonds. The highest BCUT2D eigenvalue weighted by Gasteiger charge is 2.52. The molecule has 2 heterocycles. The van der Waals surface area contributed by atoms with Crippen LogP contribution in [0.25, 0.3) is 0 Å². The molecule has 0 unspecified atom stereocenters. The largest absolute Gasteiger partial charge is 0.290 e. The predicted octanol–water partition coefficient (Wildman–Crippen LogP) is 1.60. The SMILES string of the molecule is Cc1csc([C@H]2C(N)=[NH+]C(S)=C(C#N)C23CCCCC3)n1. The van der Waals surface area contributed by atoms with E-state index in [1.54, 1.807) is 11.3 Å². The second kappa shape index (κ2) is 5.47. The zero-order valence-corrected chi connectivity index (χ0v) is 13.7. The van der Waals surface area contributed by atoms with Gasteiger partial charge in [0, 0.05) is 16.5 Å². The Balaban J connectivity index is 2.17. The molecule has 0 aromatic carbocycles. The van der Waals surface area contributed by atoms with Crippen LogP contribution < -0.4 is 10.7 Å². The lowest BCUT2D eigenvalue weighted by molar-refractivity contribution is -0.391. The Labute approximate surface area is 134 Å². The van der Waals surface area contributed by atoms with Crippen molar-refractivity contribution in [2.24, 2.45) is 11.1 Å². The van der Waals surface area contributed by atoms with Gasteiger partial charge in [-0.25, -0.2) is 9.98 Å². The standard InChI is InChI=1S/C15H18N4S2/c1-9-8-21-14(18-9)11-12(17)19-13(20)10(7-16)15(11)5-3-2-4-6-15/h8,11,20H,2-6H2,1H3,(H2,17,19)/p+1/t11-/m1/s1. The minimum atomic E-state index is -0.232. The smallest absolute Gasteiger partial charge is 0.257 e. The molecule has 110 valence electrons. The number of aryl methyl sites for hydroxylation is 1. The number of nitrogens with zero attached hydrogens (tertiary/aromatic N) is 2. The lowest BCUT2D eigenvalue weighted by atomic mass is 9.61. The van der Waals surface area contributed by atoms with Crippen molar-refractivity contribution in [2.75, 3.05) is 0 Å². The van der Waals surface area contributed by atoms with Gasteiger partial charge in [0.25, 0.3) is 5.84 Å². The Morgan fingerprint density at radius 2 is 2.19 bits per heavy atom. The van der Waals surface area contributed by atoms with E-state index < -0.39 is 0 Å². The lowest BCUT2D eigenvalue weighted by Crippen LogP contribution is -2.77. The molecule has 3 rings (SSSR count). The molecule has 1 aliphatic heterocycles. The highest BCUT2D eigenvalue weighted by molar-refractivity contribution is 7.84. The number of nitriles is 1. The fourth-order valence-electron chi connectivity index (χ4n) is 3.71. The number of nitrogens with two attached hydrogens (primary N) is 1. The second-order valence-electron chi connectivity index (χ2n) is 5.89. The molecular weight excluding hydrogens is 300 g/mol. The molecule has 0 saturated heterocycles. The van der Waals surface area contributed by atoms with Gasteiger partial charge in [0.2, 0.25) is 0 Å². The normalized spacial score (nSPS) is 24.8. The zero-order valence-electron chi connectivity index (χ0n) is 12.0. The molecule has 1 atom stereocenters. The molecule has 3 N–H and O–H groups in total. The summed E-state index contributed by atoms with van der Waals surface area (Å²) in [5.41, 5.74) is 7.84. The van der Waals surface area contributed by atoms with Crippen molar-refractivity contribution < 1.29 is 4.99 Å². The van der Waals surface area contributed by atoms with Gasteiger partial charge in [0.05, 0.1) is 5.57 Å². The van der Waals surface area contributed by atoms with E-state index >= 15 is 0 Å². The fourth-order valence-corrected chi connectivity index (χ4v) is 5.14. The van der Waals surface area contributed by atoms with Crippen molar-refractivity contribution in [3.8, 4) is 6.07 Å². The number of nitrogens with one attached hydrogen (secondary N) is 1. The number of rotatable bonds is 1.